The number of aliphatic hydroxyl groups excluding tert-OH is 1. The van der Waals surface area contributed by atoms with E-state index in [1.165, 1.54) is 17.8 Å². The van der Waals surface area contributed by atoms with Gasteiger partial charge in [-0.25, -0.2) is 9.97 Å². The van der Waals surface area contributed by atoms with Crippen LogP contribution in [-0.2, 0) is 0 Å². The summed E-state index contributed by atoms with van der Waals surface area (Å²) in [4.78, 5) is 7.74. The quantitative estimate of drug-likeness (QED) is 0.593. The van der Waals surface area contributed by atoms with Crippen LogP contribution in [0, 0.1) is 0 Å². The monoisotopic (exact) mass is 168 g/mol. The normalized spacial score (nSPS) is 14.7. The third kappa shape index (κ3) is 1.03. The lowest BCUT2D eigenvalue weighted by atomic mass is 10.4. The second kappa shape index (κ2) is 2.43. The van der Waals surface area contributed by atoms with E-state index in [2.05, 4.69) is 9.97 Å². The van der Waals surface area contributed by atoms with Gasteiger partial charge in [0.05, 0.1) is 17.5 Å². The molecule has 1 aliphatic rings. The van der Waals surface area contributed by atoms with Crippen molar-refractivity contribution in [3.63, 3.8) is 0 Å². The number of hydrogen-bond donors (Lipinski definition) is 1. The van der Waals surface area contributed by atoms with Gasteiger partial charge in [-0.05, 0) is 0 Å². The van der Waals surface area contributed by atoms with Gasteiger partial charge in [-0.15, -0.1) is 0 Å². The van der Waals surface area contributed by atoms with Gasteiger partial charge in [-0.1, -0.05) is 0 Å². The first-order chi connectivity index (χ1) is 5.38. The highest BCUT2D eigenvalue weighted by Crippen LogP contribution is 2.29. The molecule has 1 N–H and O–H groups in total. The van der Waals surface area contributed by atoms with Gasteiger partial charge in [0, 0.05) is 12.4 Å². The summed E-state index contributed by atoms with van der Waals surface area (Å²) in [7, 11) is 0. The van der Waals surface area contributed by atoms with Gasteiger partial charge >= 0.3 is 0 Å². The Bertz CT molecular complexity index is 313. The van der Waals surface area contributed by atoms with Crippen LogP contribution in [0.5, 0.6) is 5.88 Å². The van der Waals surface area contributed by atoms with Crippen molar-refractivity contribution in [3.8, 4) is 5.88 Å². The summed E-state index contributed by atoms with van der Waals surface area (Å²) in [5.74, 6) is 0.460. The van der Waals surface area contributed by atoms with Gasteiger partial charge in [-0.3, -0.25) is 0 Å². The molecule has 0 fully saturated rings. The van der Waals surface area contributed by atoms with Crippen molar-refractivity contribution in [1.82, 2.24) is 9.97 Å². The molecule has 4 nitrogen and oxygen atoms in total. The minimum atomic E-state index is 0.101. The predicted octanol–water partition coefficient (Wildman–Crippen LogP) is 1.37. The van der Waals surface area contributed by atoms with Crippen LogP contribution in [0.3, 0.4) is 0 Å². The lowest BCUT2D eigenvalue weighted by molar-refractivity contribution is 0.496. The maximum Gasteiger partial charge on any atom is 0.258 e. The van der Waals surface area contributed by atoms with Crippen molar-refractivity contribution in [2.24, 2.45) is 0 Å². The Kier molecular flexibility index (Phi) is 1.43. The standard InChI is InChI=1S/C6H4N2O2S/c9-4-3-11-10-6-5(4)7-1-2-8-6/h1-3,9H. The molecule has 0 spiro atoms. The average Bonchev–Trinajstić information content (AvgIpc) is 2.06. The van der Waals surface area contributed by atoms with Crippen molar-refractivity contribution in [3.05, 3.63) is 23.5 Å². The highest BCUT2D eigenvalue weighted by molar-refractivity contribution is 7.98. The number of aliphatic hydroxyl groups is 1. The Balaban J connectivity index is 2.56. The largest absolute Gasteiger partial charge is 0.505 e. The van der Waals surface area contributed by atoms with Crippen LogP contribution in [0.1, 0.15) is 5.69 Å². The van der Waals surface area contributed by atoms with Crippen molar-refractivity contribution in [1.29, 1.82) is 0 Å². The Hall–Kier alpha value is -1.23. The molecular weight excluding hydrogens is 164 g/mol. The van der Waals surface area contributed by atoms with E-state index in [-0.39, 0.29) is 5.76 Å². The smallest absolute Gasteiger partial charge is 0.258 e. The molecule has 0 amide bonds. The van der Waals surface area contributed by atoms with Crippen molar-refractivity contribution >= 4 is 17.8 Å². The molecule has 1 aromatic rings. The van der Waals surface area contributed by atoms with E-state index in [4.69, 9.17) is 4.18 Å². The molecule has 2 heterocycles. The summed E-state index contributed by atoms with van der Waals surface area (Å²) in [5, 5.41) is 10.7. The van der Waals surface area contributed by atoms with Gasteiger partial charge in [0.1, 0.15) is 0 Å². The third-order valence-corrected chi connectivity index (χ3v) is 1.77. The molecule has 5 heteroatoms. The summed E-state index contributed by atoms with van der Waals surface area (Å²) in [5.41, 5.74) is 0.395. The van der Waals surface area contributed by atoms with Crippen LogP contribution >= 0.6 is 12.0 Å². The first-order valence-electron chi connectivity index (χ1n) is 2.92. The Labute approximate surface area is 67.1 Å². The van der Waals surface area contributed by atoms with Gasteiger partial charge in [-0.2, -0.15) is 0 Å². The molecule has 2 rings (SSSR count). The first kappa shape index (κ1) is 6.48. The van der Waals surface area contributed by atoms with Crippen LogP contribution in [-0.4, -0.2) is 15.1 Å². The van der Waals surface area contributed by atoms with Crippen LogP contribution in [0.15, 0.2) is 17.8 Å². The van der Waals surface area contributed by atoms with Gasteiger partial charge in [0.15, 0.2) is 11.5 Å². The van der Waals surface area contributed by atoms with Crippen LogP contribution in [0.2, 0.25) is 0 Å². The number of fused-ring (bicyclic) bond motifs is 1. The number of nitrogens with zero attached hydrogens (tertiary/aromatic N) is 2. The van der Waals surface area contributed by atoms with Crippen LogP contribution < -0.4 is 4.18 Å². The zero-order chi connectivity index (χ0) is 7.68. The Morgan fingerprint density at radius 2 is 2.18 bits per heavy atom. The number of hydrogen-bond acceptors (Lipinski definition) is 5. The molecular formula is C6H4N2O2S. The number of aromatic nitrogens is 2. The zero-order valence-electron chi connectivity index (χ0n) is 5.39. The lowest BCUT2D eigenvalue weighted by Crippen LogP contribution is -1.99. The predicted molar refractivity (Wildman–Crippen MR) is 40.9 cm³/mol. The summed E-state index contributed by atoms with van der Waals surface area (Å²) in [6, 6.07) is 0. The van der Waals surface area contributed by atoms with Crippen molar-refractivity contribution in [2.45, 2.75) is 0 Å². The van der Waals surface area contributed by atoms with Gasteiger partial charge in [0.2, 0.25) is 0 Å². The van der Waals surface area contributed by atoms with E-state index < -0.39 is 0 Å². The molecule has 0 radical (unpaired) electrons. The summed E-state index contributed by atoms with van der Waals surface area (Å²) < 4.78 is 5.00. The maximum atomic E-state index is 9.22. The fraction of sp³-hybridized carbons (Fsp3) is 0. The van der Waals surface area contributed by atoms with Crippen molar-refractivity contribution in [2.75, 3.05) is 0 Å². The molecule has 0 unspecified atom stereocenters. The second-order valence-corrected chi connectivity index (χ2v) is 2.49. The summed E-state index contributed by atoms with van der Waals surface area (Å²) in [6.07, 6.45) is 3.01. The van der Waals surface area contributed by atoms with E-state index >= 15 is 0 Å². The Morgan fingerprint density at radius 3 is 3.00 bits per heavy atom. The topological polar surface area (TPSA) is 55.2 Å². The summed E-state index contributed by atoms with van der Waals surface area (Å²) >= 11 is 1.03. The van der Waals surface area contributed by atoms with E-state index in [9.17, 15) is 5.11 Å². The molecule has 0 saturated heterocycles. The second-order valence-electron chi connectivity index (χ2n) is 1.89. The highest BCUT2D eigenvalue weighted by Gasteiger charge is 2.15. The van der Waals surface area contributed by atoms with Crippen LogP contribution in [0.25, 0.3) is 5.76 Å². The fourth-order valence-electron chi connectivity index (χ4n) is 0.733. The SMILES string of the molecule is OC1=CSOc2nccnc21. The minimum absolute atomic E-state index is 0.101. The van der Waals surface area contributed by atoms with E-state index in [0.717, 1.165) is 12.0 Å². The molecule has 0 atom stereocenters. The summed E-state index contributed by atoms with van der Waals surface area (Å²) in [6.45, 7) is 0. The minimum Gasteiger partial charge on any atom is -0.505 e. The first-order valence-corrected chi connectivity index (χ1v) is 3.72. The molecule has 0 bridgehead atoms. The molecule has 11 heavy (non-hydrogen) atoms. The fourth-order valence-corrected chi connectivity index (χ4v) is 1.20. The molecule has 0 saturated carbocycles. The van der Waals surface area contributed by atoms with Gasteiger partial charge in [0.25, 0.3) is 5.88 Å². The average molecular weight is 168 g/mol. The molecule has 0 aliphatic carbocycles. The van der Waals surface area contributed by atoms with Crippen LogP contribution in [0.4, 0.5) is 0 Å². The molecule has 1 aliphatic heterocycles. The molecule has 1 aromatic heterocycles. The zero-order valence-corrected chi connectivity index (χ0v) is 6.21. The Morgan fingerprint density at radius 1 is 1.36 bits per heavy atom. The maximum absolute atomic E-state index is 9.22. The molecule has 0 aromatic carbocycles. The third-order valence-electron chi connectivity index (χ3n) is 1.19. The lowest BCUT2D eigenvalue weighted by Gasteiger charge is -2.09. The van der Waals surface area contributed by atoms with E-state index in [1.807, 2.05) is 0 Å². The van der Waals surface area contributed by atoms with Gasteiger partial charge < -0.3 is 9.29 Å². The number of rotatable bonds is 0. The van der Waals surface area contributed by atoms with E-state index in [0.29, 0.717) is 11.6 Å². The highest BCUT2D eigenvalue weighted by atomic mass is 32.2. The van der Waals surface area contributed by atoms with E-state index in [1.54, 1.807) is 0 Å². The van der Waals surface area contributed by atoms with Crippen molar-refractivity contribution < 1.29 is 9.29 Å². The molecule has 56 valence electrons.